The highest BCUT2D eigenvalue weighted by atomic mass is 14.7. The molecule has 0 amide bonds. The van der Waals surface area contributed by atoms with Crippen molar-refractivity contribution in [1.82, 2.24) is 9.97 Å². The van der Waals surface area contributed by atoms with Gasteiger partial charge in [0.1, 0.15) is 0 Å². The van der Waals surface area contributed by atoms with Crippen molar-refractivity contribution in [2.24, 2.45) is 5.73 Å². The van der Waals surface area contributed by atoms with Crippen molar-refractivity contribution >= 4 is 10.9 Å². The van der Waals surface area contributed by atoms with E-state index in [2.05, 4.69) is 28.2 Å². The van der Waals surface area contributed by atoms with Crippen molar-refractivity contribution in [3.8, 4) is 0 Å². The van der Waals surface area contributed by atoms with Crippen LogP contribution in [0.25, 0.3) is 10.9 Å². The smallest absolute Gasteiger partial charge is 0.0704 e. The Balaban J connectivity index is 1.67. The summed E-state index contributed by atoms with van der Waals surface area (Å²) < 4.78 is 0. The SMILES string of the molecule is NC(CCc1ccccn1)Cc1ccnc2ccccc12. The number of aryl methyl sites for hydroxylation is 1. The van der Waals surface area contributed by atoms with Crippen LogP contribution in [0, 0.1) is 0 Å². The van der Waals surface area contributed by atoms with E-state index in [9.17, 15) is 0 Å². The molecule has 0 saturated carbocycles. The van der Waals surface area contributed by atoms with Crippen molar-refractivity contribution in [2.45, 2.75) is 25.3 Å². The highest BCUT2D eigenvalue weighted by molar-refractivity contribution is 5.81. The van der Waals surface area contributed by atoms with E-state index in [0.717, 1.165) is 30.5 Å². The third kappa shape index (κ3) is 3.44. The van der Waals surface area contributed by atoms with Crippen LogP contribution in [0.5, 0.6) is 0 Å². The van der Waals surface area contributed by atoms with Crippen molar-refractivity contribution in [2.75, 3.05) is 0 Å². The second kappa shape index (κ2) is 6.46. The lowest BCUT2D eigenvalue weighted by atomic mass is 9.99. The molecule has 1 atom stereocenters. The van der Waals surface area contributed by atoms with Crippen molar-refractivity contribution < 1.29 is 0 Å². The van der Waals surface area contributed by atoms with Gasteiger partial charge in [-0.2, -0.15) is 0 Å². The molecule has 0 fully saturated rings. The second-order valence-corrected chi connectivity index (χ2v) is 5.31. The molecular weight excluding hydrogens is 258 g/mol. The number of nitrogens with zero attached hydrogens (tertiary/aromatic N) is 2. The Morgan fingerprint density at radius 3 is 2.62 bits per heavy atom. The predicted molar refractivity (Wildman–Crippen MR) is 86.0 cm³/mol. The van der Waals surface area contributed by atoms with E-state index in [4.69, 9.17) is 5.73 Å². The molecule has 2 aromatic heterocycles. The van der Waals surface area contributed by atoms with Gasteiger partial charge in [0.2, 0.25) is 0 Å². The number of rotatable bonds is 5. The standard InChI is InChI=1S/C18H19N3/c19-15(8-9-16-5-3-4-11-20-16)13-14-10-12-21-18-7-2-1-6-17(14)18/h1-7,10-12,15H,8-9,13,19H2. The molecule has 0 saturated heterocycles. The fourth-order valence-electron chi connectivity index (χ4n) is 2.60. The fourth-order valence-corrected chi connectivity index (χ4v) is 2.60. The van der Waals surface area contributed by atoms with Gasteiger partial charge in [-0.05, 0) is 49.1 Å². The molecule has 2 N–H and O–H groups in total. The number of para-hydroxylation sites is 1. The molecular formula is C18H19N3. The number of hydrogen-bond donors (Lipinski definition) is 1. The average molecular weight is 277 g/mol. The summed E-state index contributed by atoms with van der Waals surface area (Å²) in [5.74, 6) is 0. The number of aromatic nitrogens is 2. The maximum atomic E-state index is 6.30. The van der Waals surface area contributed by atoms with Gasteiger partial charge in [-0.15, -0.1) is 0 Å². The van der Waals surface area contributed by atoms with E-state index >= 15 is 0 Å². The molecule has 0 aliphatic heterocycles. The molecule has 21 heavy (non-hydrogen) atoms. The number of fused-ring (bicyclic) bond motifs is 1. The Labute approximate surface area is 124 Å². The van der Waals surface area contributed by atoms with E-state index in [0.29, 0.717) is 0 Å². The molecule has 106 valence electrons. The van der Waals surface area contributed by atoms with Gasteiger partial charge in [0.25, 0.3) is 0 Å². The summed E-state index contributed by atoms with van der Waals surface area (Å²) in [6.07, 6.45) is 6.43. The summed E-state index contributed by atoms with van der Waals surface area (Å²) in [5.41, 5.74) is 9.71. The van der Waals surface area contributed by atoms with Crippen LogP contribution >= 0.6 is 0 Å². The zero-order valence-corrected chi connectivity index (χ0v) is 11.9. The maximum Gasteiger partial charge on any atom is 0.0704 e. The molecule has 1 aromatic carbocycles. The van der Waals surface area contributed by atoms with Gasteiger partial charge in [0, 0.05) is 29.5 Å². The molecule has 3 nitrogen and oxygen atoms in total. The summed E-state index contributed by atoms with van der Waals surface area (Å²) in [7, 11) is 0. The van der Waals surface area contributed by atoms with Gasteiger partial charge in [-0.25, -0.2) is 0 Å². The van der Waals surface area contributed by atoms with Crippen LogP contribution in [0.2, 0.25) is 0 Å². The van der Waals surface area contributed by atoms with Gasteiger partial charge >= 0.3 is 0 Å². The van der Waals surface area contributed by atoms with Crippen LogP contribution in [0.3, 0.4) is 0 Å². The molecule has 3 rings (SSSR count). The van der Waals surface area contributed by atoms with Crippen LogP contribution in [-0.2, 0) is 12.8 Å². The molecule has 0 radical (unpaired) electrons. The number of hydrogen-bond acceptors (Lipinski definition) is 3. The highest BCUT2D eigenvalue weighted by Crippen LogP contribution is 2.18. The monoisotopic (exact) mass is 277 g/mol. The maximum absolute atomic E-state index is 6.30. The number of benzene rings is 1. The summed E-state index contributed by atoms with van der Waals surface area (Å²) in [4.78, 5) is 8.73. The zero-order chi connectivity index (χ0) is 14.5. The minimum atomic E-state index is 0.137. The lowest BCUT2D eigenvalue weighted by molar-refractivity contribution is 0.607. The van der Waals surface area contributed by atoms with Gasteiger partial charge in [-0.3, -0.25) is 9.97 Å². The molecule has 0 aliphatic carbocycles. The molecule has 0 aliphatic rings. The lowest BCUT2D eigenvalue weighted by Gasteiger charge is -2.13. The number of pyridine rings is 2. The average Bonchev–Trinajstić information content (AvgIpc) is 2.54. The molecule has 0 bridgehead atoms. The Morgan fingerprint density at radius 2 is 1.76 bits per heavy atom. The molecule has 0 spiro atoms. The van der Waals surface area contributed by atoms with Gasteiger partial charge < -0.3 is 5.73 Å². The summed E-state index contributed by atoms with van der Waals surface area (Å²) in [6, 6.07) is 16.4. The van der Waals surface area contributed by atoms with Crippen LogP contribution in [0.1, 0.15) is 17.7 Å². The lowest BCUT2D eigenvalue weighted by Crippen LogP contribution is -2.23. The first-order valence-electron chi connectivity index (χ1n) is 7.31. The van der Waals surface area contributed by atoms with Crippen LogP contribution < -0.4 is 5.73 Å². The Hall–Kier alpha value is -2.26. The summed E-state index contributed by atoms with van der Waals surface area (Å²) in [5, 5.41) is 1.20. The third-order valence-corrected chi connectivity index (χ3v) is 3.72. The minimum Gasteiger partial charge on any atom is -0.327 e. The number of nitrogens with two attached hydrogens (primary N) is 1. The quantitative estimate of drug-likeness (QED) is 0.779. The first-order chi connectivity index (χ1) is 10.3. The summed E-state index contributed by atoms with van der Waals surface area (Å²) >= 11 is 0. The van der Waals surface area contributed by atoms with E-state index < -0.39 is 0 Å². The second-order valence-electron chi connectivity index (χ2n) is 5.31. The first-order valence-corrected chi connectivity index (χ1v) is 7.31. The molecule has 3 heteroatoms. The normalized spacial score (nSPS) is 12.4. The van der Waals surface area contributed by atoms with Gasteiger partial charge in [0.05, 0.1) is 5.52 Å². The Bertz CT molecular complexity index is 704. The van der Waals surface area contributed by atoms with Crippen molar-refractivity contribution in [3.63, 3.8) is 0 Å². The first kappa shape index (κ1) is 13.7. The largest absolute Gasteiger partial charge is 0.327 e. The van der Waals surface area contributed by atoms with Crippen LogP contribution in [0.4, 0.5) is 0 Å². The Kier molecular flexibility index (Phi) is 4.22. The van der Waals surface area contributed by atoms with E-state index in [1.54, 1.807) is 0 Å². The van der Waals surface area contributed by atoms with E-state index in [1.807, 2.05) is 42.7 Å². The van der Waals surface area contributed by atoms with Crippen molar-refractivity contribution in [1.29, 1.82) is 0 Å². The van der Waals surface area contributed by atoms with Crippen molar-refractivity contribution in [3.05, 3.63) is 72.2 Å². The van der Waals surface area contributed by atoms with Gasteiger partial charge in [-0.1, -0.05) is 24.3 Å². The van der Waals surface area contributed by atoms with Gasteiger partial charge in [0.15, 0.2) is 0 Å². The predicted octanol–water partition coefficient (Wildman–Crippen LogP) is 3.13. The molecule has 1 unspecified atom stereocenters. The fraction of sp³-hybridized carbons (Fsp3) is 0.222. The zero-order valence-electron chi connectivity index (χ0n) is 11.9. The van der Waals surface area contributed by atoms with E-state index in [1.165, 1.54) is 10.9 Å². The topological polar surface area (TPSA) is 51.8 Å². The minimum absolute atomic E-state index is 0.137. The summed E-state index contributed by atoms with van der Waals surface area (Å²) in [6.45, 7) is 0. The molecule has 2 heterocycles. The highest BCUT2D eigenvalue weighted by Gasteiger charge is 2.08. The van der Waals surface area contributed by atoms with E-state index in [-0.39, 0.29) is 6.04 Å². The van der Waals surface area contributed by atoms with Crippen LogP contribution in [0.15, 0.2) is 60.9 Å². The third-order valence-electron chi connectivity index (χ3n) is 3.72. The Morgan fingerprint density at radius 1 is 0.905 bits per heavy atom. The molecule has 3 aromatic rings. The van der Waals surface area contributed by atoms with Crippen LogP contribution in [-0.4, -0.2) is 16.0 Å².